The second-order valence-corrected chi connectivity index (χ2v) is 11.2. The van der Waals surface area contributed by atoms with Gasteiger partial charge in [-0.3, -0.25) is 9.59 Å². The lowest BCUT2D eigenvalue weighted by Crippen LogP contribution is -2.23. The van der Waals surface area contributed by atoms with E-state index in [1.807, 2.05) is 24.3 Å². The van der Waals surface area contributed by atoms with Gasteiger partial charge >= 0.3 is 0 Å². The van der Waals surface area contributed by atoms with Crippen LogP contribution in [0.5, 0.6) is 0 Å². The molecule has 216 valence electrons. The Kier molecular flexibility index (Phi) is 7.74. The molecule has 3 heteroatoms. The molecule has 3 nitrogen and oxygen atoms in total. The van der Waals surface area contributed by atoms with Crippen molar-refractivity contribution in [3.63, 3.8) is 0 Å². The molecule has 0 aromatic heterocycles. The molecule has 0 saturated carbocycles. The van der Waals surface area contributed by atoms with Crippen LogP contribution in [0.3, 0.4) is 0 Å². The second kappa shape index (κ2) is 12.4. The molecule has 6 aromatic carbocycles. The van der Waals surface area contributed by atoms with E-state index in [1.54, 1.807) is 24.3 Å². The van der Waals surface area contributed by atoms with Crippen molar-refractivity contribution in [3.8, 4) is 0 Å². The maximum atomic E-state index is 13.9. The molecular formula is C42H31NO2. The maximum Gasteiger partial charge on any atom is 0.210 e. The first-order chi connectivity index (χ1) is 22.2. The molecule has 0 radical (unpaired) electrons. The first-order valence-electron chi connectivity index (χ1n) is 15.2. The third-order valence-electron chi connectivity index (χ3n) is 8.50. The van der Waals surface area contributed by atoms with E-state index in [9.17, 15) is 9.59 Å². The van der Waals surface area contributed by atoms with Crippen molar-refractivity contribution >= 4 is 17.3 Å². The summed E-state index contributed by atoms with van der Waals surface area (Å²) in [5.41, 5.74) is 8.48. The summed E-state index contributed by atoms with van der Waals surface area (Å²) in [5, 5.41) is 3.57. The Labute approximate surface area is 263 Å². The van der Waals surface area contributed by atoms with Gasteiger partial charge < -0.3 is 5.32 Å². The lowest BCUT2D eigenvalue weighted by molar-refractivity contribution is 0.0985. The normalized spacial score (nSPS) is 12.6. The molecule has 0 spiro atoms. The summed E-state index contributed by atoms with van der Waals surface area (Å²) in [4.78, 5) is 27.2. The van der Waals surface area contributed by atoms with E-state index in [1.165, 1.54) is 6.08 Å². The molecule has 0 atom stereocenters. The Morgan fingerprint density at radius 3 is 1.20 bits per heavy atom. The van der Waals surface area contributed by atoms with E-state index in [4.69, 9.17) is 0 Å². The average Bonchev–Trinajstić information content (AvgIpc) is 3.10. The topological polar surface area (TPSA) is 46.2 Å². The number of rotatable bonds is 8. The number of carbonyl (C=O) groups is 2. The summed E-state index contributed by atoms with van der Waals surface area (Å²) < 4.78 is 0. The third kappa shape index (κ3) is 5.52. The first kappa shape index (κ1) is 28.0. The van der Waals surface area contributed by atoms with Gasteiger partial charge in [0.1, 0.15) is 0 Å². The van der Waals surface area contributed by atoms with Gasteiger partial charge in [0.25, 0.3) is 0 Å². The van der Waals surface area contributed by atoms with E-state index >= 15 is 0 Å². The van der Waals surface area contributed by atoms with Crippen LogP contribution in [0.4, 0.5) is 5.69 Å². The highest BCUT2D eigenvalue weighted by Crippen LogP contribution is 2.44. The van der Waals surface area contributed by atoms with Crippen LogP contribution in [0.15, 0.2) is 176 Å². The summed E-state index contributed by atoms with van der Waals surface area (Å²) in [5.74, 6) is -0.649. The molecule has 45 heavy (non-hydrogen) atoms. The second-order valence-electron chi connectivity index (χ2n) is 11.2. The van der Waals surface area contributed by atoms with Gasteiger partial charge in [-0.1, -0.05) is 164 Å². The lowest BCUT2D eigenvalue weighted by atomic mass is 9.78. The van der Waals surface area contributed by atoms with Gasteiger partial charge in [0, 0.05) is 34.7 Å². The zero-order valence-electron chi connectivity index (χ0n) is 24.6. The predicted octanol–water partition coefficient (Wildman–Crippen LogP) is 9.42. The Bertz CT molecular complexity index is 1820. The number of hydrogen-bond acceptors (Lipinski definition) is 3. The van der Waals surface area contributed by atoms with Crippen molar-refractivity contribution in [2.24, 2.45) is 0 Å². The van der Waals surface area contributed by atoms with E-state index < -0.39 is 0 Å². The van der Waals surface area contributed by atoms with Gasteiger partial charge in [0.2, 0.25) is 5.78 Å². The Morgan fingerprint density at radius 2 is 0.778 bits per heavy atom. The quantitative estimate of drug-likeness (QED) is 0.182. The van der Waals surface area contributed by atoms with Crippen LogP contribution in [0, 0.1) is 0 Å². The van der Waals surface area contributed by atoms with E-state index in [-0.39, 0.29) is 29.1 Å². The monoisotopic (exact) mass is 581 g/mol. The standard InChI is InChI=1S/C42H31NO2/c44-38-28-37(42(45)34-25-14-13-24-33(34)38)43-41-35(39(29-16-5-1-6-17-29)30-18-7-2-8-19-30)26-15-27-36(41)40(31-20-9-3-10-21-31)32-22-11-4-12-23-32/h1-28,39-40,43H. The Hall–Kier alpha value is -5.80. The molecule has 0 heterocycles. The fourth-order valence-electron chi connectivity index (χ4n) is 6.44. The number of nitrogens with one attached hydrogen (secondary N) is 1. The number of hydrogen-bond donors (Lipinski definition) is 1. The number of benzene rings is 6. The summed E-state index contributed by atoms with van der Waals surface area (Å²) in [6.07, 6.45) is 1.45. The summed E-state index contributed by atoms with van der Waals surface area (Å²) in [7, 11) is 0. The smallest absolute Gasteiger partial charge is 0.210 e. The minimum absolute atomic E-state index is 0.135. The zero-order chi connectivity index (χ0) is 30.6. The average molecular weight is 582 g/mol. The van der Waals surface area contributed by atoms with Crippen molar-refractivity contribution < 1.29 is 9.59 Å². The minimum Gasteiger partial charge on any atom is -0.352 e. The van der Waals surface area contributed by atoms with Gasteiger partial charge in [-0.25, -0.2) is 0 Å². The SMILES string of the molecule is O=C1C=C(Nc2c(C(c3ccccc3)c3ccccc3)cccc2C(c2ccccc2)c2ccccc2)C(=O)c2ccccc21. The van der Waals surface area contributed by atoms with Crippen LogP contribution in [-0.4, -0.2) is 11.6 Å². The molecule has 6 aromatic rings. The van der Waals surface area contributed by atoms with Gasteiger partial charge in [-0.15, -0.1) is 0 Å². The fourth-order valence-corrected chi connectivity index (χ4v) is 6.44. The number of fused-ring (bicyclic) bond motifs is 1. The number of ketones is 2. The lowest BCUT2D eigenvalue weighted by Gasteiger charge is -2.29. The minimum atomic E-state index is -0.196. The number of para-hydroxylation sites is 1. The zero-order valence-corrected chi connectivity index (χ0v) is 24.6. The van der Waals surface area contributed by atoms with E-state index in [0.29, 0.717) is 11.1 Å². The number of carbonyl (C=O) groups excluding carboxylic acids is 2. The Morgan fingerprint density at radius 1 is 0.400 bits per heavy atom. The van der Waals surface area contributed by atoms with Gasteiger partial charge in [0.15, 0.2) is 5.78 Å². The van der Waals surface area contributed by atoms with Gasteiger partial charge in [-0.05, 0) is 33.4 Å². The van der Waals surface area contributed by atoms with Crippen molar-refractivity contribution in [2.75, 3.05) is 5.32 Å². The summed E-state index contributed by atoms with van der Waals surface area (Å²) in [6.45, 7) is 0. The summed E-state index contributed by atoms with van der Waals surface area (Å²) >= 11 is 0. The summed E-state index contributed by atoms with van der Waals surface area (Å²) in [6, 6.07) is 55.1. The molecule has 1 aliphatic rings. The largest absolute Gasteiger partial charge is 0.352 e. The highest BCUT2D eigenvalue weighted by molar-refractivity contribution is 6.25. The molecule has 1 aliphatic carbocycles. The van der Waals surface area contributed by atoms with Crippen LogP contribution in [0.1, 0.15) is 65.9 Å². The molecule has 0 amide bonds. The maximum absolute atomic E-state index is 13.9. The van der Waals surface area contributed by atoms with Crippen molar-refractivity contribution in [1.82, 2.24) is 0 Å². The fraction of sp³-hybridized carbons (Fsp3) is 0.0476. The molecule has 0 bridgehead atoms. The molecule has 0 unspecified atom stereocenters. The van der Waals surface area contributed by atoms with Crippen molar-refractivity contribution in [3.05, 3.63) is 220 Å². The van der Waals surface area contributed by atoms with Crippen LogP contribution < -0.4 is 5.32 Å². The van der Waals surface area contributed by atoms with Gasteiger partial charge in [0.05, 0.1) is 5.70 Å². The number of Topliss-reactive ketones (excluding diaryl/α,β-unsaturated/α-hetero) is 1. The van der Waals surface area contributed by atoms with Gasteiger partial charge in [-0.2, -0.15) is 0 Å². The predicted molar refractivity (Wildman–Crippen MR) is 181 cm³/mol. The molecule has 7 rings (SSSR count). The highest BCUT2D eigenvalue weighted by Gasteiger charge is 2.30. The molecule has 1 N–H and O–H groups in total. The molecule has 0 fully saturated rings. The van der Waals surface area contributed by atoms with Crippen LogP contribution >= 0.6 is 0 Å². The number of anilines is 1. The van der Waals surface area contributed by atoms with Crippen LogP contribution in [-0.2, 0) is 0 Å². The van der Waals surface area contributed by atoms with E-state index in [2.05, 4.69) is 121 Å². The van der Waals surface area contributed by atoms with E-state index in [0.717, 1.165) is 39.1 Å². The van der Waals surface area contributed by atoms with Crippen molar-refractivity contribution in [2.45, 2.75) is 11.8 Å². The number of allylic oxidation sites excluding steroid dienone is 2. The highest BCUT2D eigenvalue weighted by atomic mass is 16.1. The molecule has 0 saturated heterocycles. The van der Waals surface area contributed by atoms with Crippen LogP contribution in [0.25, 0.3) is 0 Å². The molecular weight excluding hydrogens is 550 g/mol. The van der Waals surface area contributed by atoms with Crippen LogP contribution in [0.2, 0.25) is 0 Å². The third-order valence-corrected chi connectivity index (χ3v) is 8.50. The molecule has 0 aliphatic heterocycles. The first-order valence-corrected chi connectivity index (χ1v) is 15.2. The van der Waals surface area contributed by atoms with Crippen molar-refractivity contribution in [1.29, 1.82) is 0 Å². The Balaban J connectivity index is 1.49.